The van der Waals surface area contributed by atoms with Gasteiger partial charge in [0.25, 0.3) is 0 Å². The lowest BCUT2D eigenvalue weighted by atomic mass is 9.92. The summed E-state index contributed by atoms with van der Waals surface area (Å²) in [7, 11) is 1.68. The molecule has 1 aromatic carbocycles. The minimum absolute atomic E-state index is 0.300. The van der Waals surface area contributed by atoms with Gasteiger partial charge in [-0.25, -0.2) is 0 Å². The molecule has 0 spiro atoms. The third-order valence-electron chi connectivity index (χ3n) is 5.59. The van der Waals surface area contributed by atoms with Crippen molar-refractivity contribution >= 4 is 0 Å². The van der Waals surface area contributed by atoms with Crippen LogP contribution >= 0.6 is 0 Å². The van der Waals surface area contributed by atoms with Gasteiger partial charge in [-0.2, -0.15) is 0 Å². The first kappa shape index (κ1) is 16.6. The summed E-state index contributed by atoms with van der Waals surface area (Å²) in [6.45, 7) is 4.30. The number of rotatable bonds is 6. The van der Waals surface area contributed by atoms with Crippen LogP contribution in [0.15, 0.2) is 18.2 Å². The number of nitrogens with one attached hydrogen (secondary N) is 1. The van der Waals surface area contributed by atoms with Gasteiger partial charge in [0.05, 0.1) is 7.11 Å². The molecule has 0 radical (unpaired) electrons. The molecule has 23 heavy (non-hydrogen) atoms. The maximum Gasteiger partial charge on any atom is 0.123 e. The van der Waals surface area contributed by atoms with Crippen molar-refractivity contribution in [2.24, 2.45) is 0 Å². The van der Waals surface area contributed by atoms with Crippen LogP contribution in [0.5, 0.6) is 11.5 Å². The van der Waals surface area contributed by atoms with Gasteiger partial charge in [-0.15, -0.1) is 0 Å². The van der Waals surface area contributed by atoms with Crippen LogP contribution in [0.4, 0.5) is 0 Å². The van der Waals surface area contributed by atoms with Gasteiger partial charge < -0.3 is 15.2 Å². The highest BCUT2D eigenvalue weighted by Crippen LogP contribution is 2.36. The molecule has 2 fully saturated rings. The van der Waals surface area contributed by atoms with Crippen LogP contribution in [0.3, 0.4) is 0 Å². The van der Waals surface area contributed by atoms with Crippen LogP contribution in [0.1, 0.15) is 50.5 Å². The van der Waals surface area contributed by atoms with Crippen LogP contribution in [-0.4, -0.2) is 42.3 Å². The van der Waals surface area contributed by atoms with Gasteiger partial charge in [-0.3, -0.25) is 4.90 Å². The first-order chi connectivity index (χ1) is 11.2. The van der Waals surface area contributed by atoms with E-state index in [0.717, 1.165) is 24.4 Å². The molecule has 1 saturated heterocycles. The van der Waals surface area contributed by atoms with E-state index in [2.05, 4.69) is 10.2 Å². The fourth-order valence-electron chi connectivity index (χ4n) is 4.34. The van der Waals surface area contributed by atoms with Crippen molar-refractivity contribution in [1.29, 1.82) is 0 Å². The van der Waals surface area contributed by atoms with Crippen molar-refractivity contribution in [3.05, 3.63) is 23.8 Å². The van der Waals surface area contributed by atoms with E-state index in [1.54, 1.807) is 19.2 Å². The molecule has 0 bridgehead atoms. The minimum Gasteiger partial charge on any atom is -0.508 e. The Morgan fingerprint density at radius 2 is 1.87 bits per heavy atom. The largest absolute Gasteiger partial charge is 0.508 e. The van der Waals surface area contributed by atoms with E-state index in [0.29, 0.717) is 11.3 Å². The molecule has 4 nitrogen and oxygen atoms in total. The van der Waals surface area contributed by atoms with Crippen LogP contribution in [-0.2, 0) is 6.54 Å². The standard InChI is InChI=1S/C19H30N2O2/c1-23-18-8-7-17(22)13-16(18)14-20-15-19(9-3-4-10-19)21-11-5-2-6-12-21/h7-8,13,20,22H,2-6,9-12,14-15H2,1H3. The molecule has 1 aromatic rings. The average Bonchev–Trinajstić information content (AvgIpc) is 3.06. The molecule has 0 unspecified atom stereocenters. The van der Waals surface area contributed by atoms with E-state index in [4.69, 9.17) is 4.74 Å². The second-order valence-corrected chi connectivity index (χ2v) is 7.08. The summed E-state index contributed by atoms with van der Waals surface area (Å²) in [5.74, 6) is 1.14. The van der Waals surface area contributed by atoms with E-state index in [1.807, 2.05) is 6.07 Å². The van der Waals surface area contributed by atoms with E-state index < -0.39 is 0 Å². The van der Waals surface area contributed by atoms with E-state index in [9.17, 15) is 5.11 Å². The van der Waals surface area contributed by atoms with Crippen molar-refractivity contribution in [2.45, 2.75) is 57.0 Å². The lowest BCUT2D eigenvalue weighted by molar-refractivity contribution is 0.0695. The zero-order valence-corrected chi connectivity index (χ0v) is 14.3. The van der Waals surface area contributed by atoms with Crippen LogP contribution < -0.4 is 10.1 Å². The van der Waals surface area contributed by atoms with E-state index >= 15 is 0 Å². The second-order valence-electron chi connectivity index (χ2n) is 7.08. The molecule has 0 amide bonds. The molecular weight excluding hydrogens is 288 g/mol. The van der Waals surface area contributed by atoms with Gasteiger partial charge in [0.1, 0.15) is 11.5 Å². The van der Waals surface area contributed by atoms with Crippen LogP contribution in [0, 0.1) is 0 Å². The molecule has 0 atom stereocenters. The zero-order valence-electron chi connectivity index (χ0n) is 14.3. The fraction of sp³-hybridized carbons (Fsp3) is 0.684. The zero-order chi connectivity index (χ0) is 16.1. The molecule has 4 heteroatoms. The van der Waals surface area contributed by atoms with Crippen molar-refractivity contribution in [2.75, 3.05) is 26.7 Å². The van der Waals surface area contributed by atoms with Crippen molar-refractivity contribution < 1.29 is 9.84 Å². The molecule has 1 heterocycles. The molecular formula is C19H30N2O2. The fourth-order valence-corrected chi connectivity index (χ4v) is 4.34. The number of methoxy groups -OCH3 is 1. The molecule has 1 aliphatic carbocycles. The number of aromatic hydroxyl groups is 1. The minimum atomic E-state index is 0.300. The molecule has 128 valence electrons. The predicted octanol–water partition coefficient (Wildman–Crippen LogP) is 3.29. The van der Waals surface area contributed by atoms with Gasteiger partial charge in [-0.05, 0) is 57.0 Å². The van der Waals surface area contributed by atoms with Gasteiger partial charge in [0, 0.05) is 24.2 Å². The Balaban J connectivity index is 1.62. The number of phenolic OH excluding ortho intramolecular Hbond substituents is 1. The Labute approximate surface area is 139 Å². The Hall–Kier alpha value is -1.26. The number of phenols is 1. The summed E-state index contributed by atoms with van der Waals surface area (Å²) < 4.78 is 5.40. The Morgan fingerprint density at radius 1 is 1.13 bits per heavy atom. The maximum atomic E-state index is 9.71. The average molecular weight is 318 g/mol. The number of piperidine rings is 1. The predicted molar refractivity (Wildman–Crippen MR) is 93.0 cm³/mol. The summed E-state index contributed by atoms with van der Waals surface area (Å²) in [5, 5.41) is 13.4. The number of benzene rings is 1. The van der Waals surface area contributed by atoms with Gasteiger partial charge >= 0.3 is 0 Å². The topological polar surface area (TPSA) is 44.7 Å². The Bertz CT molecular complexity index is 506. The smallest absolute Gasteiger partial charge is 0.123 e. The summed E-state index contributed by atoms with van der Waals surface area (Å²) >= 11 is 0. The Kier molecular flexibility index (Phi) is 5.44. The third-order valence-corrected chi connectivity index (χ3v) is 5.59. The first-order valence-electron chi connectivity index (χ1n) is 9.05. The maximum absolute atomic E-state index is 9.71. The van der Waals surface area contributed by atoms with Crippen molar-refractivity contribution in [3.63, 3.8) is 0 Å². The highest BCUT2D eigenvalue weighted by atomic mass is 16.5. The van der Waals surface area contributed by atoms with Crippen molar-refractivity contribution in [3.8, 4) is 11.5 Å². The van der Waals surface area contributed by atoms with Crippen LogP contribution in [0.25, 0.3) is 0 Å². The first-order valence-corrected chi connectivity index (χ1v) is 9.05. The third kappa shape index (κ3) is 3.81. The van der Waals surface area contributed by atoms with E-state index in [1.165, 1.54) is 58.0 Å². The molecule has 2 N–H and O–H groups in total. The lowest BCUT2D eigenvalue weighted by Gasteiger charge is -2.44. The summed E-state index contributed by atoms with van der Waals surface area (Å²) in [5.41, 5.74) is 1.38. The molecule has 0 aromatic heterocycles. The summed E-state index contributed by atoms with van der Waals surface area (Å²) in [4.78, 5) is 2.75. The lowest BCUT2D eigenvalue weighted by Crippen LogP contribution is -2.54. The molecule has 1 saturated carbocycles. The second kappa shape index (κ2) is 7.54. The highest BCUT2D eigenvalue weighted by Gasteiger charge is 2.39. The van der Waals surface area contributed by atoms with Gasteiger partial charge in [0.2, 0.25) is 0 Å². The SMILES string of the molecule is COc1ccc(O)cc1CNCC1(N2CCCCC2)CCCC1. The van der Waals surface area contributed by atoms with Crippen molar-refractivity contribution in [1.82, 2.24) is 10.2 Å². The monoisotopic (exact) mass is 318 g/mol. The van der Waals surface area contributed by atoms with Crippen LogP contribution in [0.2, 0.25) is 0 Å². The number of likely N-dealkylation sites (tertiary alicyclic amines) is 1. The number of ether oxygens (including phenoxy) is 1. The van der Waals surface area contributed by atoms with Gasteiger partial charge in [-0.1, -0.05) is 19.3 Å². The van der Waals surface area contributed by atoms with Gasteiger partial charge in [0.15, 0.2) is 0 Å². The Morgan fingerprint density at radius 3 is 2.57 bits per heavy atom. The molecule has 1 aliphatic heterocycles. The molecule has 3 rings (SSSR count). The highest BCUT2D eigenvalue weighted by molar-refractivity contribution is 5.39. The van der Waals surface area contributed by atoms with E-state index in [-0.39, 0.29) is 0 Å². The number of hydrogen-bond acceptors (Lipinski definition) is 4. The quantitative estimate of drug-likeness (QED) is 0.845. The molecule has 2 aliphatic rings. The number of hydrogen-bond donors (Lipinski definition) is 2. The summed E-state index contributed by atoms with van der Waals surface area (Å²) in [6.07, 6.45) is 9.43. The normalized spacial score (nSPS) is 21.4. The summed E-state index contributed by atoms with van der Waals surface area (Å²) in [6, 6.07) is 5.31. The number of nitrogens with zero attached hydrogens (tertiary/aromatic N) is 1.